The number of ether oxygens (including phenoxy) is 1. The molecular formula is C12H22N4O3S. The van der Waals surface area contributed by atoms with Crippen LogP contribution >= 0.6 is 0 Å². The molecule has 1 aliphatic carbocycles. The van der Waals surface area contributed by atoms with Gasteiger partial charge in [-0.05, 0) is 26.7 Å². The third-order valence-electron chi connectivity index (χ3n) is 2.95. The largest absolute Gasteiger partial charge is 0.377 e. The van der Waals surface area contributed by atoms with E-state index in [1.165, 1.54) is 0 Å². The molecule has 1 aromatic heterocycles. The van der Waals surface area contributed by atoms with Crippen molar-refractivity contribution >= 4 is 10.0 Å². The molecule has 0 bridgehead atoms. The van der Waals surface area contributed by atoms with Crippen molar-refractivity contribution in [2.45, 2.75) is 50.4 Å². The van der Waals surface area contributed by atoms with Crippen LogP contribution in [0.15, 0.2) is 11.2 Å². The van der Waals surface area contributed by atoms with Crippen molar-refractivity contribution in [1.29, 1.82) is 0 Å². The van der Waals surface area contributed by atoms with Crippen LogP contribution in [0.25, 0.3) is 0 Å². The monoisotopic (exact) mass is 302 g/mol. The lowest BCUT2D eigenvalue weighted by Gasteiger charge is -2.09. The Labute approximate surface area is 119 Å². The van der Waals surface area contributed by atoms with Crippen LogP contribution in [0.4, 0.5) is 0 Å². The van der Waals surface area contributed by atoms with Crippen LogP contribution in [0.2, 0.25) is 0 Å². The second-order valence-electron chi connectivity index (χ2n) is 5.20. The standard InChI is InChI=1S/C12H22N4O3S/c1-9(2)19-6-5-15-20(17,18)12-10(8-14-16-12)7-13-11-3-4-11/h8-9,11,13,15H,3-7H2,1-2H3,(H,14,16). The van der Waals surface area contributed by atoms with E-state index in [4.69, 9.17) is 4.74 Å². The molecule has 0 amide bonds. The maximum absolute atomic E-state index is 12.2. The molecule has 1 fully saturated rings. The first-order valence-electron chi connectivity index (χ1n) is 6.86. The highest BCUT2D eigenvalue weighted by Crippen LogP contribution is 2.20. The number of H-pyrrole nitrogens is 1. The van der Waals surface area contributed by atoms with E-state index in [-0.39, 0.29) is 17.7 Å². The summed E-state index contributed by atoms with van der Waals surface area (Å²) >= 11 is 0. The molecule has 2 rings (SSSR count). The van der Waals surface area contributed by atoms with Gasteiger partial charge >= 0.3 is 0 Å². The fraction of sp³-hybridized carbons (Fsp3) is 0.750. The Hall–Kier alpha value is -0.960. The molecule has 114 valence electrons. The van der Waals surface area contributed by atoms with Gasteiger partial charge in [0.1, 0.15) is 0 Å². The minimum Gasteiger partial charge on any atom is -0.377 e. The molecule has 20 heavy (non-hydrogen) atoms. The van der Waals surface area contributed by atoms with Gasteiger partial charge in [-0.15, -0.1) is 0 Å². The number of sulfonamides is 1. The Morgan fingerprint density at radius 1 is 1.50 bits per heavy atom. The fourth-order valence-corrected chi connectivity index (χ4v) is 2.88. The maximum atomic E-state index is 12.2. The third-order valence-corrected chi connectivity index (χ3v) is 4.43. The molecule has 0 unspecified atom stereocenters. The lowest BCUT2D eigenvalue weighted by molar-refractivity contribution is 0.0833. The Balaban J connectivity index is 1.89. The zero-order valence-electron chi connectivity index (χ0n) is 11.8. The first-order chi connectivity index (χ1) is 9.49. The minimum atomic E-state index is -3.56. The van der Waals surface area contributed by atoms with E-state index in [1.807, 2.05) is 13.8 Å². The van der Waals surface area contributed by atoms with E-state index in [9.17, 15) is 8.42 Å². The van der Waals surface area contributed by atoms with Gasteiger partial charge in [0.2, 0.25) is 0 Å². The second kappa shape index (κ2) is 6.66. The van der Waals surface area contributed by atoms with Gasteiger partial charge in [-0.1, -0.05) is 0 Å². The molecular weight excluding hydrogens is 280 g/mol. The van der Waals surface area contributed by atoms with Crippen molar-refractivity contribution in [1.82, 2.24) is 20.2 Å². The Kier molecular flexibility index (Phi) is 5.14. The summed E-state index contributed by atoms with van der Waals surface area (Å²) in [5.74, 6) is 0. The van der Waals surface area contributed by atoms with Crippen molar-refractivity contribution in [3.05, 3.63) is 11.8 Å². The fourth-order valence-electron chi connectivity index (χ4n) is 1.74. The molecule has 1 heterocycles. The van der Waals surface area contributed by atoms with Crippen LogP contribution in [0.5, 0.6) is 0 Å². The summed E-state index contributed by atoms with van der Waals surface area (Å²) in [5, 5.41) is 9.80. The number of nitrogens with zero attached hydrogens (tertiary/aromatic N) is 1. The predicted molar refractivity (Wildman–Crippen MR) is 74.7 cm³/mol. The average Bonchev–Trinajstić information content (AvgIpc) is 3.08. The Bertz CT molecular complexity index is 523. The predicted octanol–water partition coefficient (Wildman–Crippen LogP) is 0.365. The number of hydrogen-bond donors (Lipinski definition) is 3. The Morgan fingerprint density at radius 3 is 2.90 bits per heavy atom. The van der Waals surface area contributed by atoms with Crippen LogP contribution in [0.3, 0.4) is 0 Å². The summed E-state index contributed by atoms with van der Waals surface area (Å²) in [7, 11) is -3.56. The number of nitrogens with one attached hydrogen (secondary N) is 3. The summed E-state index contributed by atoms with van der Waals surface area (Å²) in [5.41, 5.74) is 0.661. The van der Waals surface area contributed by atoms with E-state index in [1.54, 1.807) is 6.20 Å². The summed E-state index contributed by atoms with van der Waals surface area (Å²) in [6.07, 6.45) is 3.95. The van der Waals surface area contributed by atoms with Crippen molar-refractivity contribution < 1.29 is 13.2 Å². The molecule has 8 heteroatoms. The van der Waals surface area contributed by atoms with Crippen LogP contribution < -0.4 is 10.0 Å². The molecule has 0 aromatic carbocycles. The van der Waals surface area contributed by atoms with Gasteiger partial charge in [0.05, 0.1) is 18.9 Å². The van der Waals surface area contributed by atoms with Crippen LogP contribution in [0.1, 0.15) is 32.3 Å². The SMILES string of the molecule is CC(C)OCCNS(=O)(=O)c1[nH]ncc1CNC1CC1. The van der Waals surface area contributed by atoms with Crippen molar-refractivity contribution in [3.8, 4) is 0 Å². The molecule has 0 aliphatic heterocycles. The smallest absolute Gasteiger partial charge is 0.257 e. The van der Waals surface area contributed by atoms with E-state index in [2.05, 4.69) is 20.2 Å². The van der Waals surface area contributed by atoms with E-state index < -0.39 is 10.0 Å². The lowest BCUT2D eigenvalue weighted by Crippen LogP contribution is -2.29. The van der Waals surface area contributed by atoms with Gasteiger partial charge in [0, 0.05) is 24.7 Å². The molecule has 0 spiro atoms. The molecule has 1 aliphatic rings. The molecule has 0 saturated heterocycles. The normalized spacial score (nSPS) is 15.9. The zero-order valence-corrected chi connectivity index (χ0v) is 12.7. The Morgan fingerprint density at radius 2 is 2.25 bits per heavy atom. The zero-order chi connectivity index (χ0) is 14.6. The van der Waals surface area contributed by atoms with Crippen LogP contribution in [0, 0.1) is 0 Å². The van der Waals surface area contributed by atoms with Gasteiger partial charge in [-0.25, -0.2) is 13.1 Å². The first kappa shape index (κ1) is 15.4. The molecule has 0 atom stereocenters. The van der Waals surface area contributed by atoms with E-state index >= 15 is 0 Å². The van der Waals surface area contributed by atoms with Gasteiger partial charge in [-0.3, -0.25) is 5.10 Å². The van der Waals surface area contributed by atoms with Crippen LogP contribution in [-0.2, 0) is 21.3 Å². The maximum Gasteiger partial charge on any atom is 0.257 e. The van der Waals surface area contributed by atoms with Crippen molar-refractivity contribution in [3.63, 3.8) is 0 Å². The van der Waals surface area contributed by atoms with Gasteiger partial charge in [0.15, 0.2) is 5.03 Å². The highest BCUT2D eigenvalue weighted by molar-refractivity contribution is 7.89. The minimum absolute atomic E-state index is 0.0879. The number of aromatic amines is 1. The quantitative estimate of drug-likeness (QED) is 0.573. The highest BCUT2D eigenvalue weighted by atomic mass is 32.2. The first-order valence-corrected chi connectivity index (χ1v) is 8.34. The lowest BCUT2D eigenvalue weighted by atomic mass is 10.3. The van der Waals surface area contributed by atoms with Gasteiger partial charge < -0.3 is 10.1 Å². The molecule has 0 radical (unpaired) electrons. The van der Waals surface area contributed by atoms with Crippen molar-refractivity contribution in [2.75, 3.05) is 13.2 Å². The molecule has 3 N–H and O–H groups in total. The van der Waals surface area contributed by atoms with Gasteiger partial charge in [-0.2, -0.15) is 5.10 Å². The van der Waals surface area contributed by atoms with Crippen molar-refractivity contribution in [2.24, 2.45) is 0 Å². The van der Waals surface area contributed by atoms with E-state index in [0.29, 0.717) is 24.8 Å². The van der Waals surface area contributed by atoms with Gasteiger partial charge in [0.25, 0.3) is 10.0 Å². The summed E-state index contributed by atoms with van der Waals surface area (Å²) in [6, 6.07) is 0.521. The summed E-state index contributed by atoms with van der Waals surface area (Å²) < 4.78 is 32.1. The average molecular weight is 302 g/mol. The second-order valence-corrected chi connectivity index (χ2v) is 6.90. The third kappa shape index (κ3) is 4.55. The number of hydrogen-bond acceptors (Lipinski definition) is 5. The number of rotatable bonds is 9. The summed E-state index contributed by atoms with van der Waals surface area (Å²) in [6.45, 7) is 4.92. The number of aromatic nitrogens is 2. The summed E-state index contributed by atoms with van der Waals surface area (Å²) in [4.78, 5) is 0. The highest BCUT2D eigenvalue weighted by Gasteiger charge is 2.24. The van der Waals surface area contributed by atoms with Crippen LogP contribution in [-0.4, -0.2) is 43.9 Å². The molecule has 1 aromatic rings. The molecule has 1 saturated carbocycles. The molecule has 7 nitrogen and oxygen atoms in total. The topological polar surface area (TPSA) is 96.1 Å². The van der Waals surface area contributed by atoms with E-state index in [0.717, 1.165) is 12.8 Å².